The number of aryl methyl sites for hydroxylation is 2. The lowest BCUT2D eigenvalue weighted by atomic mass is 10.1. The molecule has 1 atom stereocenters. The molecule has 1 N–H and O–H groups in total. The van der Waals surface area contributed by atoms with Gasteiger partial charge in [-0.25, -0.2) is 4.98 Å². The molecule has 4 heteroatoms. The first-order valence-corrected chi connectivity index (χ1v) is 6.85. The van der Waals surface area contributed by atoms with Gasteiger partial charge in [0.1, 0.15) is 5.82 Å². The second kappa shape index (κ2) is 4.69. The van der Waals surface area contributed by atoms with Gasteiger partial charge in [-0.05, 0) is 43.0 Å². The van der Waals surface area contributed by atoms with Crippen molar-refractivity contribution in [3.63, 3.8) is 0 Å². The molecule has 0 aliphatic heterocycles. The molecule has 3 rings (SSSR count). The SMILES string of the molecule is Cc1cncc(NC2CCc3cc(Br)ccc32)n1. The molecule has 18 heavy (non-hydrogen) atoms. The van der Waals surface area contributed by atoms with Crippen molar-refractivity contribution in [1.82, 2.24) is 9.97 Å². The monoisotopic (exact) mass is 303 g/mol. The summed E-state index contributed by atoms with van der Waals surface area (Å²) in [6.45, 7) is 1.96. The molecule has 0 saturated carbocycles. The van der Waals surface area contributed by atoms with Gasteiger partial charge in [-0.15, -0.1) is 0 Å². The summed E-state index contributed by atoms with van der Waals surface area (Å²) in [6.07, 6.45) is 5.78. The van der Waals surface area contributed by atoms with Crippen LogP contribution in [0.1, 0.15) is 29.3 Å². The first kappa shape index (κ1) is 11.7. The molecule has 1 heterocycles. The number of aromatic nitrogens is 2. The van der Waals surface area contributed by atoms with Crippen LogP contribution in [0.2, 0.25) is 0 Å². The first-order valence-electron chi connectivity index (χ1n) is 6.06. The fourth-order valence-electron chi connectivity index (χ4n) is 2.45. The Morgan fingerprint density at radius 2 is 2.22 bits per heavy atom. The van der Waals surface area contributed by atoms with Crippen LogP contribution in [-0.2, 0) is 6.42 Å². The molecule has 3 nitrogen and oxygen atoms in total. The molecule has 0 fully saturated rings. The summed E-state index contributed by atoms with van der Waals surface area (Å²) in [5, 5.41) is 3.47. The van der Waals surface area contributed by atoms with Crippen molar-refractivity contribution in [3.8, 4) is 0 Å². The predicted octanol–water partition coefficient (Wildman–Crippen LogP) is 3.65. The Morgan fingerprint density at radius 3 is 3.06 bits per heavy atom. The minimum Gasteiger partial charge on any atom is -0.362 e. The van der Waals surface area contributed by atoms with Gasteiger partial charge in [0.15, 0.2) is 0 Å². The van der Waals surface area contributed by atoms with E-state index < -0.39 is 0 Å². The highest BCUT2D eigenvalue weighted by Crippen LogP contribution is 2.34. The van der Waals surface area contributed by atoms with Crippen LogP contribution in [0.4, 0.5) is 5.82 Å². The van der Waals surface area contributed by atoms with Gasteiger partial charge in [-0.3, -0.25) is 4.98 Å². The number of rotatable bonds is 2. The van der Waals surface area contributed by atoms with Crippen LogP contribution in [0.3, 0.4) is 0 Å². The summed E-state index contributed by atoms with van der Waals surface area (Å²) >= 11 is 3.52. The minimum atomic E-state index is 0.351. The van der Waals surface area contributed by atoms with Crippen molar-refractivity contribution in [2.75, 3.05) is 5.32 Å². The van der Waals surface area contributed by atoms with Gasteiger partial charge in [-0.2, -0.15) is 0 Å². The summed E-state index contributed by atoms with van der Waals surface area (Å²) in [4.78, 5) is 8.61. The minimum absolute atomic E-state index is 0.351. The topological polar surface area (TPSA) is 37.8 Å². The summed E-state index contributed by atoms with van der Waals surface area (Å²) in [5.41, 5.74) is 3.73. The number of nitrogens with zero attached hydrogens (tertiary/aromatic N) is 2. The van der Waals surface area contributed by atoms with E-state index in [0.717, 1.165) is 28.8 Å². The Hall–Kier alpha value is -1.42. The summed E-state index contributed by atoms with van der Waals surface area (Å²) in [6, 6.07) is 6.84. The molecule has 0 bridgehead atoms. The molecule has 0 radical (unpaired) electrons. The molecule has 0 saturated heterocycles. The lowest BCUT2D eigenvalue weighted by Gasteiger charge is -2.14. The largest absolute Gasteiger partial charge is 0.362 e. The number of nitrogens with one attached hydrogen (secondary N) is 1. The molecule has 0 amide bonds. The molecule has 1 aliphatic carbocycles. The van der Waals surface area contributed by atoms with Gasteiger partial charge < -0.3 is 5.32 Å². The first-order chi connectivity index (χ1) is 8.72. The number of hydrogen-bond acceptors (Lipinski definition) is 3. The van der Waals surface area contributed by atoms with E-state index in [1.165, 1.54) is 11.1 Å². The molecular formula is C14H14BrN3. The molecule has 0 spiro atoms. The number of hydrogen-bond donors (Lipinski definition) is 1. The number of anilines is 1. The maximum Gasteiger partial charge on any atom is 0.145 e. The lowest BCUT2D eigenvalue weighted by Crippen LogP contribution is -2.09. The average Bonchev–Trinajstić information content (AvgIpc) is 2.72. The molecule has 92 valence electrons. The molecule has 1 aromatic heterocycles. The van der Waals surface area contributed by atoms with Gasteiger partial charge in [0, 0.05) is 10.7 Å². The maximum atomic E-state index is 4.44. The molecule has 1 unspecified atom stereocenters. The van der Waals surface area contributed by atoms with Gasteiger partial charge in [-0.1, -0.05) is 22.0 Å². The molecule has 2 aromatic rings. The van der Waals surface area contributed by atoms with Crippen LogP contribution >= 0.6 is 15.9 Å². The standard InChI is InChI=1S/C14H14BrN3/c1-9-7-16-8-14(17-9)18-13-5-2-10-6-11(15)3-4-12(10)13/h3-4,6-8,13H,2,5H2,1H3,(H,17,18). The smallest absolute Gasteiger partial charge is 0.145 e. The van der Waals surface area contributed by atoms with Crippen molar-refractivity contribution >= 4 is 21.7 Å². The molecule has 1 aliphatic rings. The molecule has 1 aromatic carbocycles. The van der Waals surface area contributed by atoms with Crippen LogP contribution in [0.5, 0.6) is 0 Å². The summed E-state index contributed by atoms with van der Waals surface area (Å²) < 4.78 is 1.15. The van der Waals surface area contributed by atoms with Gasteiger partial charge in [0.2, 0.25) is 0 Å². The Morgan fingerprint density at radius 1 is 1.33 bits per heavy atom. The van der Waals surface area contributed by atoms with Crippen molar-refractivity contribution in [2.45, 2.75) is 25.8 Å². The third-order valence-corrected chi connectivity index (χ3v) is 3.75. The summed E-state index contributed by atoms with van der Waals surface area (Å²) in [5.74, 6) is 0.857. The number of fused-ring (bicyclic) bond motifs is 1. The van der Waals surface area contributed by atoms with E-state index in [1.807, 2.05) is 6.92 Å². The Kier molecular flexibility index (Phi) is 3.04. The van der Waals surface area contributed by atoms with Crippen molar-refractivity contribution in [1.29, 1.82) is 0 Å². The fraction of sp³-hybridized carbons (Fsp3) is 0.286. The summed E-state index contributed by atoms with van der Waals surface area (Å²) in [7, 11) is 0. The zero-order valence-electron chi connectivity index (χ0n) is 10.2. The van der Waals surface area contributed by atoms with Crippen LogP contribution in [0.15, 0.2) is 35.1 Å². The zero-order valence-corrected chi connectivity index (χ0v) is 11.7. The van der Waals surface area contributed by atoms with Crippen LogP contribution < -0.4 is 5.32 Å². The average molecular weight is 304 g/mol. The van der Waals surface area contributed by atoms with Crippen LogP contribution in [0.25, 0.3) is 0 Å². The second-order valence-corrected chi connectivity index (χ2v) is 5.54. The second-order valence-electron chi connectivity index (χ2n) is 4.62. The fourth-order valence-corrected chi connectivity index (χ4v) is 2.86. The van der Waals surface area contributed by atoms with Gasteiger partial charge in [0.05, 0.1) is 17.9 Å². The van der Waals surface area contributed by atoms with Crippen LogP contribution in [0, 0.1) is 6.92 Å². The van der Waals surface area contributed by atoms with Gasteiger partial charge >= 0.3 is 0 Å². The molecular weight excluding hydrogens is 290 g/mol. The van der Waals surface area contributed by atoms with Crippen molar-refractivity contribution in [3.05, 3.63) is 51.9 Å². The van der Waals surface area contributed by atoms with E-state index in [2.05, 4.69) is 49.4 Å². The van der Waals surface area contributed by atoms with E-state index in [9.17, 15) is 0 Å². The zero-order chi connectivity index (χ0) is 12.5. The quantitative estimate of drug-likeness (QED) is 0.920. The highest BCUT2D eigenvalue weighted by Gasteiger charge is 2.22. The third-order valence-electron chi connectivity index (χ3n) is 3.26. The van der Waals surface area contributed by atoms with Crippen molar-refractivity contribution < 1.29 is 0 Å². The number of halogens is 1. The highest BCUT2D eigenvalue weighted by molar-refractivity contribution is 9.10. The van der Waals surface area contributed by atoms with E-state index in [4.69, 9.17) is 0 Å². The Labute approximate surface area is 115 Å². The Bertz CT molecular complexity index is 583. The number of benzene rings is 1. The van der Waals surface area contributed by atoms with Crippen molar-refractivity contribution in [2.24, 2.45) is 0 Å². The maximum absolute atomic E-state index is 4.44. The predicted molar refractivity (Wildman–Crippen MR) is 75.6 cm³/mol. The van der Waals surface area contributed by atoms with E-state index in [-0.39, 0.29) is 0 Å². The highest BCUT2D eigenvalue weighted by atomic mass is 79.9. The Balaban J connectivity index is 1.85. The van der Waals surface area contributed by atoms with E-state index in [1.54, 1.807) is 12.4 Å². The lowest BCUT2D eigenvalue weighted by molar-refractivity contribution is 0.755. The normalized spacial score (nSPS) is 17.6. The van der Waals surface area contributed by atoms with Gasteiger partial charge in [0.25, 0.3) is 0 Å². The van der Waals surface area contributed by atoms with E-state index in [0.29, 0.717) is 6.04 Å². The van der Waals surface area contributed by atoms with Crippen LogP contribution in [-0.4, -0.2) is 9.97 Å². The third kappa shape index (κ3) is 2.25. The van der Waals surface area contributed by atoms with E-state index >= 15 is 0 Å².